The Morgan fingerprint density at radius 2 is 2.05 bits per heavy atom. The fourth-order valence-electron chi connectivity index (χ4n) is 2.30. The summed E-state index contributed by atoms with van der Waals surface area (Å²) in [5, 5.41) is 0.600. The average Bonchev–Trinajstić information content (AvgIpc) is 2.86. The number of hydrogen-bond acceptors (Lipinski definition) is 3. The fraction of sp³-hybridized carbons (Fsp3) is 0.267. The molecule has 0 radical (unpaired) electrons. The maximum absolute atomic E-state index is 12.2. The van der Waals surface area contributed by atoms with Gasteiger partial charge in [-0.05, 0) is 71.4 Å². The summed E-state index contributed by atoms with van der Waals surface area (Å²) in [6.45, 7) is 0. The maximum Gasteiger partial charge on any atom is 0.353 e. The van der Waals surface area contributed by atoms with Crippen LogP contribution < -0.4 is 4.74 Å². The van der Waals surface area contributed by atoms with Gasteiger partial charge in [0.15, 0.2) is 0 Å². The van der Waals surface area contributed by atoms with Crippen LogP contribution in [-0.4, -0.2) is 5.97 Å². The highest BCUT2D eigenvalue weighted by molar-refractivity contribution is 9.10. The normalized spacial score (nSPS) is 13.9. The molecule has 0 unspecified atom stereocenters. The van der Waals surface area contributed by atoms with Gasteiger partial charge in [-0.1, -0.05) is 11.6 Å². The summed E-state index contributed by atoms with van der Waals surface area (Å²) >= 11 is 10.8. The van der Waals surface area contributed by atoms with Crippen LogP contribution in [-0.2, 0) is 12.8 Å². The van der Waals surface area contributed by atoms with Crippen LogP contribution in [0.15, 0.2) is 28.7 Å². The number of rotatable bonds is 2. The van der Waals surface area contributed by atoms with E-state index in [0.717, 1.165) is 12.8 Å². The van der Waals surface area contributed by atoms with E-state index >= 15 is 0 Å². The number of fused-ring (bicyclic) bond motifs is 1. The van der Waals surface area contributed by atoms with E-state index in [1.165, 1.54) is 23.3 Å². The standard InChI is InChI=1S/C15H12BrClO2S/c16-11-8-10(17)5-6-12(11)19-15(18)14-7-9-3-1-2-4-13(9)20-14/h5-8H,1-4H2. The van der Waals surface area contributed by atoms with Gasteiger partial charge in [0.1, 0.15) is 10.6 Å². The van der Waals surface area contributed by atoms with Gasteiger partial charge in [0.2, 0.25) is 0 Å². The molecule has 0 saturated heterocycles. The molecule has 0 fully saturated rings. The molecular weight excluding hydrogens is 360 g/mol. The average molecular weight is 372 g/mol. The van der Waals surface area contributed by atoms with Gasteiger partial charge in [-0.25, -0.2) is 4.79 Å². The number of carbonyl (C=O) groups excluding carboxylic acids is 1. The molecule has 3 rings (SSSR count). The smallest absolute Gasteiger partial charge is 0.353 e. The molecule has 1 aromatic heterocycles. The van der Waals surface area contributed by atoms with E-state index in [0.29, 0.717) is 20.1 Å². The highest BCUT2D eigenvalue weighted by atomic mass is 79.9. The summed E-state index contributed by atoms with van der Waals surface area (Å²) in [5.74, 6) is 0.193. The second kappa shape index (κ2) is 5.88. The van der Waals surface area contributed by atoms with E-state index in [-0.39, 0.29) is 5.97 Å². The van der Waals surface area contributed by atoms with Gasteiger partial charge in [-0.15, -0.1) is 11.3 Å². The molecule has 1 heterocycles. The SMILES string of the molecule is O=C(Oc1ccc(Cl)cc1Br)c1cc2c(s1)CCCC2. The van der Waals surface area contributed by atoms with Crippen LogP contribution >= 0.6 is 38.9 Å². The highest BCUT2D eigenvalue weighted by Crippen LogP contribution is 2.32. The maximum atomic E-state index is 12.2. The van der Waals surface area contributed by atoms with E-state index in [4.69, 9.17) is 16.3 Å². The lowest BCUT2D eigenvalue weighted by molar-refractivity contribution is 0.0738. The van der Waals surface area contributed by atoms with Crippen molar-refractivity contribution < 1.29 is 9.53 Å². The van der Waals surface area contributed by atoms with Crippen LogP contribution in [0.1, 0.15) is 33.0 Å². The number of carbonyl (C=O) groups is 1. The molecule has 1 aromatic carbocycles. The lowest BCUT2D eigenvalue weighted by Gasteiger charge is -2.08. The summed E-state index contributed by atoms with van der Waals surface area (Å²) in [4.78, 5) is 14.2. The molecule has 0 atom stereocenters. The van der Waals surface area contributed by atoms with Gasteiger partial charge in [0, 0.05) is 9.90 Å². The first kappa shape index (κ1) is 14.1. The summed E-state index contributed by atoms with van der Waals surface area (Å²) < 4.78 is 6.11. The summed E-state index contributed by atoms with van der Waals surface area (Å²) in [7, 11) is 0. The zero-order valence-electron chi connectivity index (χ0n) is 10.6. The second-order valence-corrected chi connectivity index (χ2v) is 7.16. The largest absolute Gasteiger partial charge is 0.421 e. The van der Waals surface area contributed by atoms with Crippen molar-refractivity contribution in [3.63, 3.8) is 0 Å². The Labute approximate surface area is 134 Å². The molecule has 0 aliphatic heterocycles. The zero-order chi connectivity index (χ0) is 14.1. The van der Waals surface area contributed by atoms with E-state index in [1.54, 1.807) is 29.5 Å². The molecule has 0 spiro atoms. The van der Waals surface area contributed by atoms with E-state index in [1.807, 2.05) is 6.07 Å². The minimum absolute atomic E-state index is 0.299. The van der Waals surface area contributed by atoms with Crippen molar-refractivity contribution in [3.05, 3.63) is 49.1 Å². The first-order valence-electron chi connectivity index (χ1n) is 6.42. The van der Waals surface area contributed by atoms with Gasteiger partial charge in [0.25, 0.3) is 0 Å². The van der Waals surface area contributed by atoms with Gasteiger partial charge >= 0.3 is 5.97 Å². The molecule has 1 aliphatic rings. The Kier molecular flexibility index (Phi) is 4.15. The van der Waals surface area contributed by atoms with Crippen molar-refractivity contribution in [2.24, 2.45) is 0 Å². The summed E-state index contributed by atoms with van der Waals surface area (Å²) in [5.41, 5.74) is 1.31. The first-order chi connectivity index (χ1) is 9.63. The Morgan fingerprint density at radius 3 is 2.80 bits per heavy atom. The van der Waals surface area contributed by atoms with Crippen LogP contribution in [0.4, 0.5) is 0 Å². The molecular formula is C15H12BrClO2S. The predicted molar refractivity (Wildman–Crippen MR) is 85.1 cm³/mol. The third-order valence-electron chi connectivity index (χ3n) is 3.29. The molecule has 20 heavy (non-hydrogen) atoms. The van der Waals surface area contributed by atoms with Crippen LogP contribution in [0.5, 0.6) is 5.75 Å². The van der Waals surface area contributed by atoms with Crippen molar-refractivity contribution in [2.75, 3.05) is 0 Å². The van der Waals surface area contributed by atoms with E-state index in [2.05, 4.69) is 15.9 Å². The Morgan fingerprint density at radius 1 is 1.25 bits per heavy atom. The van der Waals surface area contributed by atoms with Crippen LogP contribution in [0.2, 0.25) is 5.02 Å². The van der Waals surface area contributed by atoms with Crippen molar-refractivity contribution in [1.29, 1.82) is 0 Å². The molecule has 0 N–H and O–H groups in total. The second-order valence-electron chi connectivity index (χ2n) is 4.73. The third kappa shape index (κ3) is 2.92. The lowest BCUT2D eigenvalue weighted by atomic mass is 9.99. The van der Waals surface area contributed by atoms with Crippen molar-refractivity contribution in [2.45, 2.75) is 25.7 Å². The van der Waals surface area contributed by atoms with Gasteiger partial charge in [-0.3, -0.25) is 0 Å². The number of thiophene rings is 1. The van der Waals surface area contributed by atoms with Gasteiger partial charge < -0.3 is 4.74 Å². The topological polar surface area (TPSA) is 26.3 Å². The molecule has 1 aliphatic carbocycles. The predicted octanol–water partition coefficient (Wildman–Crippen LogP) is 5.26. The van der Waals surface area contributed by atoms with Crippen molar-refractivity contribution in [3.8, 4) is 5.75 Å². The summed E-state index contributed by atoms with van der Waals surface area (Å²) in [6, 6.07) is 7.08. The number of ether oxygens (including phenoxy) is 1. The monoisotopic (exact) mass is 370 g/mol. The van der Waals surface area contributed by atoms with E-state index in [9.17, 15) is 4.79 Å². The Bertz CT molecular complexity index is 642. The van der Waals surface area contributed by atoms with Crippen LogP contribution in [0.3, 0.4) is 0 Å². The van der Waals surface area contributed by atoms with Crippen LogP contribution in [0, 0.1) is 0 Å². The highest BCUT2D eigenvalue weighted by Gasteiger charge is 2.19. The minimum Gasteiger partial charge on any atom is -0.421 e. The van der Waals surface area contributed by atoms with E-state index < -0.39 is 0 Å². The Balaban J connectivity index is 1.80. The fourth-order valence-corrected chi connectivity index (χ4v) is 4.19. The van der Waals surface area contributed by atoms with Gasteiger partial charge in [-0.2, -0.15) is 0 Å². The molecule has 2 nitrogen and oxygen atoms in total. The zero-order valence-corrected chi connectivity index (χ0v) is 13.8. The molecule has 5 heteroatoms. The van der Waals surface area contributed by atoms with Crippen molar-refractivity contribution in [1.82, 2.24) is 0 Å². The summed E-state index contributed by atoms with van der Waals surface area (Å²) in [6.07, 6.45) is 4.58. The Hall–Kier alpha value is -0.840. The minimum atomic E-state index is -0.299. The molecule has 0 saturated carbocycles. The number of halogens is 2. The van der Waals surface area contributed by atoms with Gasteiger partial charge in [0.05, 0.1) is 4.47 Å². The number of aryl methyl sites for hydroxylation is 2. The molecule has 104 valence electrons. The number of esters is 1. The third-order valence-corrected chi connectivity index (χ3v) is 5.37. The quantitative estimate of drug-likeness (QED) is 0.531. The first-order valence-corrected chi connectivity index (χ1v) is 8.41. The molecule has 0 bridgehead atoms. The van der Waals surface area contributed by atoms with Crippen molar-refractivity contribution >= 4 is 44.8 Å². The number of hydrogen-bond donors (Lipinski definition) is 0. The molecule has 2 aromatic rings. The molecule has 0 amide bonds. The van der Waals surface area contributed by atoms with Crippen LogP contribution in [0.25, 0.3) is 0 Å². The number of benzene rings is 1. The lowest BCUT2D eigenvalue weighted by Crippen LogP contribution is -2.06.